The molecule has 3 aromatic rings. The van der Waals surface area contributed by atoms with E-state index >= 15 is 0 Å². The van der Waals surface area contributed by atoms with E-state index < -0.39 is 23.0 Å². The van der Waals surface area contributed by atoms with Crippen molar-refractivity contribution in [3.8, 4) is 5.75 Å². The van der Waals surface area contributed by atoms with Crippen LogP contribution in [-0.4, -0.2) is 23.0 Å². The van der Waals surface area contributed by atoms with Crippen molar-refractivity contribution in [2.75, 3.05) is 0 Å². The molecule has 158 valence electrons. The predicted molar refractivity (Wildman–Crippen MR) is 112 cm³/mol. The summed E-state index contributed by atoms with van der Waals surface area (Å²) in [5.74, 6) is -0.581. The molecule has 1 amide bonds. The molecule has 0 aliphatic carbocycles. The van der Waals surface area contributed by atoms with Crippen LogP contribution >= 0.6 is 0 Å². The lowest BCUT2D eigenvalue weighted by Crippen LogP contribution is -2.44. The van der Waals surface area contributed by atoms with Gasteiger partial charge in [0, 0.05) is 18.6 Å². The van der Waals surface area contributed by atoms with Gasteiger partial charge in [0.1, 0.15) is 18.4 Å². The summed E-state index contributed by atoms with van der Waals surface area (Å²) in [7, 11) is 0. The highest BCUT2D eigenvalue weighted by molar-refractivity contribution is 5.83. The number of benzene rings is 3. The number of esters is 1. The third-order valence-electron chi connectivity index (χ3n) is 4.34. The quantitative estimate of drug-likeness (QED) is 0.255. The van der Waals surface area contributed by atoms with Gasteiger partial charge < -0.3 is 14.8 Å². The summed E-state index contributed by atoms with van der Waals surface area (Å²) in [6.07, 6.45) is -0.571. The Bertz CT molecular complexity index is 1020. The van der Waals surface area contributed by atoms with Crippen LogP contribution in [0.5, 0.6) is 5.75 Å². The number of nitro benzene ring substituents is 1. The number of alkyl carbamates (subject to hydrolysis) is 1. The Labute approximate surface area is 178 Å². The topological polar surface area (TPSA) is 108 Å². The number of hydrogen-bond acceptors (Lipinski definition) is 6. The Morgan fingerprint density at radius 2 is 1.45 bits per heavy atom. The van der Waals surface area contributed by atoms with Crippen LogP contribution in [0, 0.1) is 10.1 Å². The van der Waals surface area contributed by atoms with Crippen LogP contribution in [0.2, 0.25) is 0 Å². The molecule has 3 aromatic carbocycles. The minimum Gasteiger partial charge on any atom is -0.445 e. The van der Waals surface area contributed by atoms with Crippen LogP contribution in [0.1, 0.15) is 11.1 Å². The molecule has 0 radical (unpaired) electrons. The molecule has 0 heterocycles. The second kappa shape index (κ2) is 10.5. The maximum absolute atomic E-state index is 12.7. The van der Waals surface area contributed by atoms with E-state index in [0.29, 0.717) is 0 Å². The standard InChI is InChI=1S/C23H20N2O6/c26-22(31-20-13-11-19(12-14-20)25(28)29)21(15-17-7-3-1-4-8-17)24-23(27)30-16-18-9-5-2-6-10-18/h1-14,21H,15-16H2,(H,24,27)/t21-/m1/s1. The van der Waals surface area contributed by atoms with Crippen LogP contribution in [0.3, 0.4) is 0 Å². The fourth-order valence-corrected chi connectivity index (χ4v) is 2.77. The highest BCUT2D eigenvalue weighted by atomic mass is 16.6. The minimum atomic E-state index is -1.01. The van der Waals surface area contributed by atoms with Gasteiger partial charge in [0.15, 0.2) is 0 Å². The van der Waals surface area contributed by atoms with E-state index in [4.69, 9.17) is 9.47 Å². The van der Waals surface area contributed by atoms with Gasteiger partial charge in [-0.3, -0.25) is 10.1 Å². The largest absolute Gasteiger partial charge is 0.445 e. The maximum Gasteiger partial charge on any atom is 0.408 e. The normalized spacial score (nSPS) is 11.2. The van der Waals surface area contributed by atoms with E-state index in [1.54, 1.807) is 0 Å². The van der Waals surface area contributed by atoms with Crippen LogP contribution in [-0.2, 0) is 22.6 Å². The molecule has 0 aliphatic rings. The number of non-ortho nitro benzene ring substituents is 1. The Balaban J connectivity index is 1.66. The van der Waals surface area contributed by atoms with Gasteiger partial charge in [-0.2, -0.15) is 0 Å². The van der Waals surface area contributed by atoms with Crippen molar-refractivity contribution in [3.63, 3.8) is 0 Å². The van der Waals surface area contributed by atoms with Crippen LogP contribution in [0.4, 0.5) is 10.5 Å². The lowest BCUT2D eigenvalue weighted by Gasteiger charge is -2.17. The van der Waals surface area contributed by atoms with Crippen LogP contribution in [0.15, 0.2) is 84.9 Å². The molecule has 0 fully saturated rings. The molecule has 3 rings (SSSR count). The van der Waals surface area contributed by atoms with Crippen molar-refractivity contribution in [2.24, 2.45) is 0 Å². The molecular formula is C23H20N2O6. The number of carbonyl (C=O) groups excluding carboxylic acids is 2. The molecule has 0 aromatic heterocycles. The van der Waals surface area contributed by atoms with Gasteiger partial charge in [0.25, 0.3) is 5.69 Å². The van der Waals surface area contributed by atoms with Gasteiger partial charge in [0.05, 0.1) is 4.92 Å². The monoisotopic (exact) mass is 420 g/mol. The fourth-order valence-electron chi connectivity index (χ4n) is 2.77. The van der Waals surface area contributed by atoms with Gasteiger partial charge in [-0.1, -0.05) is 60.7 Å². The number of nitro groups is 1. The molecule has 31 heavy (non-hydrogen) atoms. The zero-order valence-corrected chi connectivity index (χ0v) is 16.5. The summed E-state index contributed by atoms with van der Waals surface area (Å²) in [6.45, 7) is 0.0577. The number of amides is 1. The summed E-state index contributed by atoms with van der Waals surface area (Å²) in [5.41, 5.74) is 1.51. The predicted octanol–water partition coefficient (Wildman–Crippen LogP) is 4.04. The summed E-state index contributed by atoms with van der Waals surface area (Å²) in [4.78, 5) is 35.2. The second-order valence-corrected chi connectivity index (χ2v) is 6.62. The van der Waals surface area contributed by atoms with Crippen molar-refractivity contribution >= 4 is 17.7 Å². The highest BCUT2D eigenvalue weighted by Gasteiger charge is 2.24. The molecule has 8 heteroatoms. The Hall–Kier alpha value is -4.20. The van der Waals surface area contributed by atoms with Gasteiger partial charge in [0.2, 0.25) is 0 Å². The van der Waals surface area contributed by atoms with Crippen molar-refractivity contribution in [3.05, 3.63) is 106 Å². The van der Waals surface area contributed by atoms with Gasteiger partial charge in [-0.25, -0.2) is 9.59 Å². The van der Waals surface area contributed by atoms with Crippen LogP contribution in [0.25, 0.3) is 0 Å². The van der Waals surface area contributed by atoms with E-state index in [0.717, 1.165) is 11.1 Å². The molecule has 0 saturated heterocycles. The SMILES string of the molecule is O=C(N[C@H](Cc1ccccc1)C(=O)Oc1ccc([N+](=O)[O-])cc1)OCc1ccccc1. The van der Waals surface area contributed by atoms with E-state index in [2.05, 4.69) is 5.32 Å². The smallest absolute Gasteiger partial charge is 0.408 e. The number of nitrogens with zero attached hydrogens (tertiary/aromatic N) is 1. The molecular weight excluding hydrogens is 400 g/mol. The summed E-state index contributed by atoms with van der Waals surface area (Å²) < 4.78 is 10.5. The van der Waals surface area contributed by atoms with Gasteiger partial charge >= 0.3 is 12.1 Å². The first-order chi connectivity index (χ1) is 15.0. The lowest BCUT2D eigenvalue weighted by atomic mass is 10.1. The second-order valence-electron chi connectivity index (χ2n) is 6.62. The zero-order valence-electron chi connectivity index (χ0n) is 16.5. The van der Waals surface area contributed by atoms with Gasteiger partial charge in [-0.15, -0.1) is 0 Å². The molecule has 0 bridgehead atoms. The van der Waals surface area contributed by atoms with E-state index in [9.17, 15) is 19.7 Å². The van der Waals surface area contributed by atoms with E-state index in [1.807, 2.05) is 60.7 Å². The van der Waals surface area contributed by atoms with Crippen molar-refractivity contribution in [2.45, 2.75) is 19.1 Å². The van der Waals surface area contributed by atoms with E-state index in [1.165, 1.54) is 24.3 Å². The number of carbonyl (C=O) groups is 2. The van der Waals surface area contributed by atoms with Crippen molar-refractivity contribution < 1.29 is 24.0 Å². The van der Waals surface area contributed by atoms with Crippen molar-refractivity contribution in [1.29, 1.82) is 0 Å². The fraction of sp³-hybridized carbons (Fsp3) is 0.130. The molecule has 0 aliphatic heterocycles. The van der Waals surface area contributed by atoms with Crippen LogP contribution < -0.4 is 10.1 Å². The third-order valence-corrected chi connectivity index (χ3v) is 4.34. The number of rotatable bonds is 8. The molecule has 1 atom stereocenters. The Kier molecular flexibility index (Phi) is 7.31. The van der Waals surface area contributed by atoms with E-state index in [-0.39, 0.29) is 24.5 Å². The number of nitrogens with one attached hydrogen (secondary N) is 1. The first-order valence-electron chi connectivity index (χ1n) is 9.48. The molecule has 0 unspecified atom stereocenters. The summed E-state index contributed by atoms with van der Waals surface area (Å²) in [5, 5.41) is 13.3. The third kappa shape index (κ3) is 6.67. The highest BCUT2D eigenvalue weighted by Crippen LogP contribution is 2.18. The summed E-state index contributed by atoms with van der Waals surface area (Å²) in [6, 6.07) is 22.4. The first-order valence-corrected chi connectivity index (χ1v) is 9.48. The maximum atomic E-state index is 12.7. The Morgan fingerprint density at radius 1 is 0.871 bits per heavy atom. The average Bonchev–Trinajstić information content (AvgIpc) is 2.79. The lowest BCUT2D eigenvalue weighted by molar-refractivity contribution is -0.384. The first kappa shape index (κ1) is 21.5. The minimum absolute atomic E-state index is 0.0577. The molecule has 0 spiro atoms. The molecule has 0 saturated carbocycles. The average molecular weight is 420 g/mol. The number of hydrogen-bond donors (Lipinski definition) is 1. The summed E-state index contributed by atoms with van der Waals surface area (Å²) >= 11 is 0. The molecule has 1 N–H and O–H groups in total. The van der Waals surface area contributed by atoms with Crippen molar-refractivity contribution in [1.82, 2.24) is 5.32 Å². The zero-order chi connectivity index (χ0) is 22.1. The van der Waals surface area contributed by atoms with Gasteiger partial charge in [-0.05, 0) is 23.3 Å². The number of ether oxygens (including phenoxy) is 2. The Morgan fingerprint density at radius 3 is 2.03 bits per heavy atom. The molecule has 8 nitrogen and oxygen atoms in total.